The van der Waals surface area contributed by atoms with Crippen LogP contribution in [-0.2, 0) is 13.1 Å². The van der Waals surface area contributed by atoms with E-state index in [4.69, 9.17) is 4.74 Å². The normalized spacial score (nSPS) is 11.7. The van der Waals surface area contributed by atoms with Crippen molar-refractivity contribution in [2.24, 2.45) is 0 Å². The van der Waals surface area contributed by atoms with Gasteiger partial charge in [-0.1, -0.05) is 256 Å². The summed E-state index contributed by atoms with van der Waals surface area (Å²) in [7, 11) is 9.68. The van der Waals surface area contributed by atoms with Crippen molar-refractivity contribution in [1.82, 2.24) is 0 Å². The zero-order chi connectivity index (χ0) is 45.5. The molecule has 0 aliphatic heterocycles. The number of halogens is 2. The lowest BCUT2D eigenvalue weighted by molar-refractivity contribution is -0.903. The number of quaternary nitrogens is 2. The van der Waals surface area contributed by atoms with Crippen molar-refractivity contribution in [1.29, 1.82) is 0 Å². The van der Waals surface area contributed by atoms with E-state index >= 15 is 0 Å². The van der Waals surface area contributed by atoms with E-state index in [1.807, 2.05) is 0 Å². The first-order chi connectivity index (χ1) is 30.7. The molecule has 2 aromatic carbocycles. The van der Waals surface area contributed by atoms with Gasteiger partial charge in [0.2, 0.25) is 0 Å². The van der Waals surface area contributed by atoms with E-state index in [-0.39, 0.29) is 24.8 Å². The van der Waals surface area contributed by atoms with E-state index in [9.17, 15) is 0 Å². The fourth-order valence-electron chi connectivity index (χ4n) is 9.85. The van der Waals surface area contributed by atoms with Crippen molar-refractivity contribution in [3.8, 4) is 16.9 Å². The highest BCUT2D eigenvalue weighted by atomic mass is 35.5. The fourth-order valence-corrected chi connectivity index (χ4v) is 9.85. The summed E-state index contributed by atoms with van der Waals surface area (Å²) >= 11 is 0. The molecule has 0 unspecified atom stereocenters. The maximum absolute atomic E-state index is 6.61. The molecule has 65 heavy (non-hydrogen) atoms. The van der Waals surface area contributed by atoms with Gasteiger partial charge < -0.3 is 38.5 Å². The van der Waals surface area contributed by atoms with Gasteiger partial charge in [0.05, 0.1) is 47.9 Å². The lowest BCUT2D eigenvalue weighted by atomic mass is 10.00. The first-order valence-corrected chi connectivity index (χ1v) is 28.2. The Morgan fingerprint density at radius 1 is 0.338 bits per heavy atom. The molecular weight excluding hydrogens is 836 g/mol. The number of hydrogen-bond acceptors (Lipinski definition) is 1. The number of nitrogens with zero attached hydrogens (tertiary/aromatic N) is 2. The molecule has 380 valence electrons. The van der Waals surface area contributed by atoms with E-state index in [0.29, 0.717) is 0 Å². The maximum Gasteiger partial charge on any atom is 0.127 e. The van der Waals surface area contributed by atoms with Crippen LogP contribution in [0.2, 0.25) is 0 Å². The van der Waals surface area contributed by atoms with Gasteiger partial charge in [-0.15, -0.1) is 0 Å². The summed E-state index contributed by atoms with van der Waals surface area (Å²) < 4.78 is 8.71. The summed E-state index contributed by atoms with van der Waals surface area (Å²) in [6.07, 6.45) is 50.6. The van der Waals surface area contributed by atoms with Crippen molar-refractivity contribution in [3.63, 3.8) is 0 Å². The lowest BCUT2D eigenvalue weighted by Gasteiger charge is -2.30. The summed E-state index contributed by atoms with van der Waals surface area (Å²) in [5.74, 6) is 1.07. The van der Waals surface area contributed by atoms with E-state index < -0.39 is 0 Å². The summed E-state index contributed by atoms with van der Waals surface area (Å²) in [4.78, 5) is 0. The SMILES string of the molecule is CCCCCCCCCCCCCCCCCC[N+](C)(C)Cc1ccc(-c2ccc(C[N+](C)(C)CCCCCCCCCCCCCCCCCC)cc2OCCCCCC)cc1.[Cl-].[Cl-]. The van der Waals surface area contributed by atoms with Crippen LogP contribution >= 0.6 is 0 Å². The first-order valence-electron chi connectivity index (χ1n) is 28.2. The number of ether oxygens (including phenoxy) is 1. The third-order valence-electron chi connectivity index (χ3n) is 14.0. The smallest absolute Gasteiger partial charge is 0.127 e. The number of rotatable bonds is 45. The zero-order valence-electron chi connectivity index (χ0n) is 44.6. The largest absolute Gasteiger partial charge is 1.00 e. The monoisotopic (exact) mass is 945 g/mol. The van der Waals surface area contributed by atoms with Gasteiger partial charge in [-0.25, -0.2) is 0 Å². The molecule has 0 fully saturated rings. The Morgan fingerprint density at radius 3 is 0.985 bits per heavy atom. The minimum absolute atomic E-state index is 0. The molecule has 0 radical (unpaired) electrons. The zero-order valence-corrected chi connectivity index (χ0v) is 46.1. The van der Waals surface area contributed by atoms with Crippen LogP contribution in [0.25, 0.3) is 11.1 Å². The predicted octanol–water partition coefficient (Wildman–Crippen LogP) is 13.0. The van der Waals surface area contributed by atoms with Crippen LogP contribution in [-0.4, -0.2) is 56.9 Å². The van der Waals surface area contributed by atoms with E-state index in [1.165, 1.54) is 260 Å². The van der Waals surface area contributed by atoms with Gasteiger partial charge in [0.1, 0.15) is 18.8 Å². The molecule has 0 amide bonds. The second-order valence-corrected chi connectivity index (χ2v) is 21.7. The topological polar surface area (TPSA) is 9.23 Å². The molecular formula is C60H110Cl2N2O. The third-order valence-corrected chi connectivity index (χ3v) is 14.0. The van der Waals surface area contributed by atoms with Crippen molar-refractivity contribution in [3.05, 3.63) is 53.6 Å². The lowest BCUT2D eigenvalue weighted by Crippen LogP contribution is -3.00. The van der Waals surface area contributed by atoms with Gasteiger partial charge in [-0.2, -0.15) is 0 Å². The molecule has 0 bridgehead atoms. The summed E-state index contributed by atoms with van der Waals surface area (Å²) in [6, 6.07) is 16.5. The highest BCUT2D eigenvalue weighted by Gasteiger charge is 2.19. The van der Waals surface area contributed by atoms with Gasteiger partial charge >= 0.3 is 0 Å². The number of benzene rings is 2. The first kappa shape index (κ1) is 63.7. The van der Waals surface area contributed by atoms with Gasteiger partial charge in [0, 0.05) is 16.7 Å². The van der Waals surface area contributed by atoms with Crippen molar-refractivity contribution in [2.45, 2.75) is 265 Å². The Hall–Kier alpha value is -1.26. The number of unbranched alkanes of at least 4 members (excludes halogenated alkanes) is 33. The Morgan fingerprint density at radius 2 is 0.631 bits per heavy atom. The van der Waals surface area contributed by atoms with Crippen molar-refractivity contribution in [2.75, 3.05) is 47.9 Å². The second kappa shape index (κ2) is 42.8. The standard InChI is InChI=1S/C60H110N2O.2ClH/c1-8-11-14-17-19-21-23-25-27-29-31-33-35-37-39-41-50-61(4,5)54-56-44-47-58(48-45-56)59-49-46-57(53-60(59)63-52-43-16-13-10-3)55-62(6,7)51-42-40-38-36-34-32-30-28-26-24-22-20-18-15-12-9-2;;/h44-49,53H,8-43,50-52,54-55H2,1-7H3;2*1H/q+2;;/p-2. The Balaban J connectivity index is 0.0000205. The van der Waals surface area contributed by atoms with Gasteiger partial charge in [0.25, 0.3) is 0 Å². The minimum atomic E-state index is 0. The predicted molar refractivity (Wildman–Crippen MR) is 282 cm³/mol. The van der Waals surface area contributed by atoms with Crippen molar-refractivity contribution < 1.29 is 38.5 Å². The van der Waals surface area contributed by atoms with Crippen LogP contribution in [0.3, 0.4) is 0 Å². The summed E-state index contributed by atoms with van der Waals surface area (Å²) in [5.41, 5.74) is 5.35. The van der Waals surface area contributed by atoms with Gasteiger partial charge in [0.15, 0.2) is 0 Å². The molecule has 3 nitrogen and oxygen atoms in total. The maximum atomic E-state index is 6.61. The van der Waals surface area contributed by atoms with Crippen LogP contribution in [0, 0.1) is 0 Å². The summed E-state index contributed by atoms with van der Waals surface area (Å²) in [5, 5.41) is 0. The molecule has 2 rings (SSSR count). The molecule has 0 aliphatic carbocycles. The molecule has 0 saturated carbocycles. The fraction of sp³-hybridized carbons (Fsp3) is 0.800. The molecule has 0 N–H and O–H groups in total. The molecule has 2 aromatic rings. The molecule has 0 atom stereocenters. The highest BCUT2D eigenvalue weighted by Crippen LogP contribution is 2.33. The number of hydrogen-bond donors (Lipinski definition) is 0. The van der Waals surface area contributed by atoms with E-state index in [2.05, 4.69) is 91.4 Å². The van der Waals surface area contributed by atoms with Crippen LogP contribution in [0.5, 0.6) is 5.75 Å². The molecule has 0 saturated heterocycles. The minimum Gasteiger partial charge on any atom is -1.00 e. The average Bonchev–Trinajstić information content (AvgIpc) is 3.26. The van der Waals surface area contributed by atoms with Crippen molar-refractivity contribution >= 4 is 0 Å². The average molecular weight is 946 g/mol. The van der Waals surface area contributed by atoms with Crippen LogP contribution < -0.4 is 29.6 Å². The third kappa shape index (κ3) is 35.5. The molecule has 0 spiro atoms. The van der Waals surface area contributed by atoms with E-state index in [1.54, 1.807) is 0 Å². The van der Waals surface area contributed by atoms with Crippen LogP contribution in [0.4, 0.5) is 0 Å². The molecule has 0 aromatic heterocycles. The van der Waals surface area contributed by atoms with Crippen LogP contribution in [0.1, 0.15) is 263 Å². The summed E-state index contributed by atoms with van der Waals surface area (Å²) in [6.45, 7) is 12.3. The molecule has 5 heteroatoms. The van der Waals surface area contributed by atoms with Crippen LogP contribution in [0.15, 0.2) is 42.5 Å². The van der Waals surface area contributed by atoms with Gasteiger partial charge in [-0.05, 0) is 43.7 Å². The molecule has 0 heterocycles. The molecule has 0 aliphatic rings. The van der Waals surface area contributed by atoms with E-state index in [0.717, 1.165) is 40.8 Å². The van der Waals surface area contributed by atoms with Gasteiger partial charge in [-0.3, -0.25) is 0 Å². The highest BCUT2D eigenvalue weighted by molar-refractivity contribution is 5.71. The Labute approximate surface area is 419 Å². The Bertz CT molecular complexity index is 1310. The Kier molecular flexibility index (Phi) is 42.0. The second-order valence-electron chi connectivity index (χ2n) is 21.7. The quantitative estimate of drug-likeness (QED) is 0.0475.